The first kappa shape index (κ1) is 24.4. The molecule has 2 N–H and O–H groups in total. The molecule has 2 amide bonds. The van der Waals surface area contributed by atoms with Gasteiger partial charge in [0.15, 0.2) is 0 Å². The lowest BCUT2D eigenvalue weighted by molar-refractivity contribution is -0.130. The average Bonchev–Trinajstić information content (AvgIpc) is 2.80. The van der Waals surface area contributed by atoms with Crippen molar-refractivity contribution in [3.05, 3.63) is 65.5 Å². The van der Waals surface area contributed by atoms with Gasteiger partial charge in [0.05, 0.1) is 12.2 Å². The maximum Gasteiger partial charge on any atom is 0.338 e. The van der Waals surface area contributed by atoms with E-state index in [-0.39, 0.29) is 30.7 Å². The van der Waals surface area contributed by atoms with Gasteiger partial charge in [-0.15, -0.1) is 0 Å². The molecule has 0 aliphatic heterocycles. The number of benzene rings is 2. The number of anilines is 1. The maximum absolute atomic E-state index is 13.3. The lowest BCUT2D eigenvalue weighted by atomic mass is 9.82. The summed E-state index contributed by atoms with van der Waals surface area (Å²) in [5, 5.41) is 5.70. The van der Waals surface area contributed by atoms with Gasteiger partial charge in [0.25, 0.3) is 0 Å². The molecule has 1 saturated carbocycles. The fourth-order valence-electron chi connectivity index (χ4n) is 4.05. The Morgan fingerprint density at radius 3 is 2.42 bits per heavy atom. The van der Waals surface area contributed by atoms with Crippen LogP contribution in [0.1, 0.15) is 55.5 Å². The number of rotatable bonds is 8. The van der Waals surface area contributed by atoms with Crippen molar-refractivity contribution in [3.8, 4) is 0 Å². The minimum Gasteiger partial charge on any atom is -0.462 e. The standard InChI is InChI=1S/C26H31FN2O4/c1-3-33-26(32)20-5-4-6-22(16-20)28-25(31)23(15-18-9-13-21(27)14-10-18)29-24(30)19-11-7-17(2)8-12-19/h4-6,9-10,13-14,16-17,19,23H,3,7-8,11-12,15H2,1-2H3,(H,28,31)(H,29,30). The molecule has 33 heavy (non-hydrogen) atoms. The number of carbonyl (C=O) groups is 3. The molecule has 0 radical (unpaired) electrons. The molecule has 2 aromatic carbocycles. The second-order valence-corrected chi connectivity index (χ2v) is 8.64. The first-order valence-corrected chi connectivity index (χ1v) is 11.5. The van der Waals surface area contributed by atoms with Crippen molar-refractivity contribution in [2.24, 2.45) is 11.8 Å². The number of ether oxygens (including phenoxy) is 1. The summed E-state index contributed by atoms with van der Waals surface area (Å²) in [5.74, 6) is -0.884. The molecular formula is C26H31FN2O4. The minimum atomic E-state index is -0.839. The van der Waals surface area contributed by atoms with Crippen LogP contribution in [0.5, 0.6) is 0 Å². The van der Waals surface area contributed by atoms with Crippen LogP contribution in [-0.4, -0.2) is 30.4 Å². The first-order valence-electron chi connectivity index (χ1n) is 11.5. The number of halogens is 1. The van der Waals surface area contributed by atoms with Crippen LogP contribution in [0.15, 0.2) is 48.5 Å². The van der Waals surface area contributed by atoms with Crippen LogP contribution < -0.4 is 10.6 Å². The third kappa shape index (κ3) is 7.14. The predicted molar refractivity (Wildman–Crippen MR) is 124 cm³/mol. The van der Waals surface area contributed by atoms with E-state index >= 15 is 0 Å². The van der Waals surface area contributed by atoms with Crippen LogP contribution in [0.3, 0.4) is 0 Å². The summed E-state index contributed by atoms with van der Waals surface area (Å²) in [5.41, 5.74) is 1.48. The Kier molecular flexibility index (Phi) is 8.58. The highest BCUT2D eigenvalue weighted by Crippen LogP contribution is 2.28. The third-order valence-electron chi connectivity index (χ3n) is 6.01. The second-order valence-electron chi connectivity index (χ2n) is 8.64. The molecule has 3 rings (SSSR count). The van der Waals surface area contributed by atoms with Gasteiger partial charge in [-0.2, -0.15) is 0 Å². The lowest BCUT2D eigenvalue weighted by Gasteiger charge is -2.27. The molecular weight excluding hydrogens is 423 g/mol. The Labute approximate surface area is 193 Å². The molecule has 7 heteroatoms. The van der Waals surface area contributed by atoms with Gasteiger partial charge in [-0.1, -0.05) is 25.1 Å². The zero-order valence-corrected chi connectivity index (χ0v) is 19.1. The molecule has 1 atom stereocenters. The van der Waals surface area contributed by atoms with Crippen molar-refractivity contribution < 1.29 is 23.5 Å². The van der Waals surface area contributed by atoms with Crippen molar-refractivity contribution in [1.29, 1.82) is 0 Å². The zero-order valence-electron chi connectivity index (χ0n) is 19.1. The smallest absolute Gasteiger partial charge is 0.338 e. The van der Waals surface area contributed by atoms with E-state index in [1.165, 1.54) is 18.2 Å². The fourth-order valence-corrected chi connectivity index (χ4v) is 4.05. The number of esters is 1. The van der Waals surface area contributed by atoms with Gasteiger partial charge in [0, 0.05) is 18.0 Å². The van der Waals surface area contributed by atoms with Gasteiger partial charge in [-0.05, 0) is 74.4 Å². The number of hydrogen-bond donors (Lipinski definition) is 2. The summed E-state index contributed by atoms with van der Waals surface area (Å²) < 4.78 is 18.3. The Hall–Kier alpha value is -3.22. The van der Waals surface area contributed by atoms with Crippen LogP contribution in [-0.2, 0) is 20.7 Å². The molecule has 1 aliphatic carbocycles. The topological polar surface area (TPSA) is 84.5 Å². The quantitative estimate of drug-likeness (QED) is 0.576. The van der Waals surface area contributed by atoms with E-state index in [0.29, 0.717) is 17.2 Å². The molecule has 1 aliphatic rings. The molecule has 176 valence electrons. The summed E-state index contributed by atoms with van der Waals surface area (Å²) in [6, 6.07) is 11.5. The highest BCUT2D eigenvalue weighted by molar-refractivity contribution is 5.99. The molecule has 1 unspecified atom stereocenters. The Balaban J connectivity index is 1.74. The Bertz CT molecular complexity index is 969. The van der Waals surface area contributed by atoms with E-state index in [1.807, 2.05) is 0 Å². The van der Waals surface area contributed by atoms with Crippen LogP contribution in [0.25, 0.3) is 0 Å². The fraction of sp³-hybridized carbons (Fsp3) is 0.423. The SMILES string of the molecule is CCOC(=O)c1cccc(NC(=O)C(Cc2ccc(F)cc2)NC(=O)C2CCC(C)CC2)c1. The number of nitrogens with one attached hydrogen (secondary N) is 2. The second kappa shape index (κ2) is 11.6. The number of carbonyl (C=O) groups excluding carboxylic acids is 3. The van der Waals surface area contributed by atoms with E-state index < -0.39 is 17.9 Å². The maximum atomic E-state index is 13.3. The summed E-state index contributed by atoms with van der Waals surface area (Å²) in [6.07, 6.45) is 3.82. The highest BCUT2D eigenvalue weighted by Gasteiger charge is 2.28. The van der Waals surface area contributed by atoms with Crippen molar-refractivity contribution in [1.82, 2.24) is 5.32 Å². The van der Waals surface area contributed by atoms with Gasteiger partial charge < -0.3 is 15.4 Å². The van der Waals surface area contributed by atoms with Crippen LogP contribution in [0, 0.1) is 17.7 Å². The molecule has 0 saturated heterocycles. The van der Waals surface area contributed by atoms with Gasteiger partial charge in [-0.25, -0.2) is 9.18 Å². The molecule has 0 aromatic heterocycles. The molecule has 2 aromatic rings. The van der Waals surface area contributed by atoms with Crippen LogP contribution >= 0.6 is 0 Å². The Morgan fingerprint density at radius 2 is 1.76 bits per heavy atom. The molecule has 1 fully saturated rings. The van der Waals surface area contributed by atoms with Crippen LogP contribution in [0.4, 0.5) is 10.1 Å². The predicted octanol–water partition coefficient (Wildman–Crippen LogP) is 4.49. The number of hydrogen-bond acceptors (Lipinski definition) is 4. The van der Waals surface area contributed by atoms with Gasteiger partial charge >= 0.3 is 5.97 Å². The minimum absolute atomic E-state index is 0.114. The van der Waals surface area contributed by atoms with E-state index in [9.17, 15) is 18.8 Å². The van der Waals surface area contributed by atoms with Gasteiger partial charge in [-0.3, -0.25) is 9.59 Å². The number of amides is 2. The molecule has 0 bridgehead atoms. The van der Waals surface area contributed by atoms with Gasteiger partial charge in [0.2, 0.25) is 11.8 Å². The van der Waals surface area contributed by atoms with E-state index in [4.69, 9.17) is 4.74 Å². The van der Waals surface area contributed by atoms with Crippen molar-refractivity contribution in [3.63, 3.8) is 0 Å². The summed E-state index contributed by atoms with van der Waals surface area (Å²) in [4.78, 5) is 38.1. The summed E-state index contributed by atoms with van der Waals surface area (Å²) in [6.45, 7) is 4.16. The van der Waals surface area contributed by atoms with Crippen LogP contribution in [0.2, 0.25) is 0 Å². The van der Waals surface area contributed by atoms with E-state index in [0.717, 1.165) is 31.2 Å². The van der Waals surface area contributed by atoms with Gasteiger partial charge in [0.1, 0.15) is 11.9 Å². The Morgan fingerprint density at radius 1 is 1.06 bits per heavy atom. The highest BCUT2D eigenvalue weighted by atomic mass is 19.1. The zero-order chi connectivity index (χ0) is 23.8. The molecule has 6 nitrogen and oxygen atoms in total. The molecule has 0 spiro atoms. The van der Waals surface area contributed by atoms with E-state index in [2.05, 4.69) is 17.6 Å². The van der Waals surface area contributed by atoms with Crippen molar-refractivity contribution in [2.75, 3.05) is 11.9 Å². The third-order valence-corrected chi connectivity index (χ3v) is 6.01. The first-order chi connectivity index (χ1) is 15.9. The largest absolute Gasteiger partial charge is 0.462 e. The summed E-state index contributed by atoms with van der Waals surface area (Å²) >= 11 is 0. The van der Waals surface area contributed by atoms with E-state index in [1.54, 1.807) is 37.3 Å². The van der Waals surface area contributed by atoms with Crippen molar-refractivity contribution in [2.45, 2.75) is 52.0 Å². The normalized spacial score (nSPS) is 18.8. The van der Waals surface area contributed by atoms with Crippen molar-refractivity contribution >= 4 is 23.5 Å². The average molecular weight is 455 g/mol. The monoisotopic (exact) mass is 454 g/mol. The molecule has 0 heterocycles. The summed E-state index contributed by atoms with van der Waals surface area (Å²) in [7, 11) is 0. The lowest BCUT2D eigenvalue weighted by Crippen LogP contribution is -2.47.